The molecule has 2 rings (SSSR count). The summed E-state index contributed by atoms with van der Waals surface area (Å²) >= 11 is 8.05. The molecule has 1 fully saturated rings. The second-order valence-corrected chi connectivity index (χ2v) is 4.58. The van der Waals surface area contributed by atoms with Crippen molar-refractivity contribution in [3.8, 4) is 0 Å². The summed E-state index contributed by atoms with van der Waals surface area (Å²) < 4.78 is 0. The number of hydrogen-bond donors (Lipinski definition) is 0. The molecular formula is C12H17ClCuN5S+. The topological polar surface area (TPSA) is 55.5 Å². The second-order valence-electron chi connectivity index (χ2n) is 4.18. The molecule has 2 heterocycles. The number of nitrogens with zero attached hydrogens (tertiary/aromatic N) is 5. The number of halogens is 1. The quantitative estimate of drug-likeness (QED) is 0.202. The summed E-state index contributed by atoms with van der Waals surface area (Å²) in [6, 6.07) is 0. The van der Waals surface area contributed by atoms with Gasteiger partial charge in [0.1, 0.15) is 0 Å². The van der Waals surface area contributed by atoms with E-state index in [1.54, 1.807) is 24.8 Å². The summed E-state index contributed by atoms with van der Waals surface area (Å²) in [4.78, 5) is 10.2. The van der Waals surface area contributed by atoms with Gasteiger partial charge in [0, 0.05) is 31.7 Å². The van der Waals surface area contributed by atoms with Crippen molar-refractivity contribution >= 4 is 33.6 Å². The van der Waals surface area contributed by atoms with Crippen LogP contribution >= 0.6 is 10.1 Å². The van der Waals surface area contributed by atoms with Crippen molar-refractivity contribution in [3.05, 3.63) is 29.7 Å². The van der Waals surface area contributed by atoms with Gasteiger partial charge in [0.05, 0.1) is 11.9 Å². The van der Waals surface area contributed by atoms with Gasteiger partial charge in [0.25, 0.3) is 0 Å². The van der Waals surface area contributed by atoms with E-state index >= 15 is 0 Å². The number of aromatic nitrogens is 2. The molecule has 20 heavy (non-hydrogen) atoms. The first-order valence-corrected chi connectivity index (χ1v) is 8.03. The Bertz CT molecular complexity index is 410. The minimum absolute atomic E-state index is 0.678. The van der Waals surface area contributed by atoms with E-state index in [1.165, 1.54) is 25.7 Å². The number of hydrogen-bond acceptors (Lipinski definition) is 3. The fourth-order valence-corrected chi connectivity index (χ4v) is 2.10. The Morgan fingerprint density at radius 1 is 1.30 bits per heavy atom. The van der Waals surface area contributed by atoms with Crippen molar-refractivity contribution in [1.29, 1.82) is 0 Å². The smallest absolute Gasteiger partial charge is 0.189 e. The maximum Gasteiger partial charge on any atom is 0.189 e. The van der Waals surface area contributed by atoms with Crippen LogP contribution in [0.4, 0.5) is 0 Å². The first-order chi connectivity index (χ1) is 9.86. The maximum atomic E-state index is 4.39. The van der Waals surface area contributed by atoms with E-state index in [4.69, 9.17) is 0 Å². The fraction of sp³-hybridized carbons (Fsp3) is 0.500. The number of thiol groups is 1. The molecule has 1 aromatic rings. The molecule has 0 saturated carbocycles. The Hall–Kier alpha value is -0.591. The molecular weight excluding hydrogens is 345 g/mol. The van der Waals surface area contributed by atoms with Crippen LogP contribution in [0.1, 0.15) is 31.4 Å². The van der Waals surface area contributed by atoms with Gasteiger partial charge in [-0.25, -0.2) is 4.90 Å². The Labute approximate surface area is 137 Å². The Morgan fingerprint density at radius 3 is 2.60 bits per heavy atom. The minimum atomic E-state index is 0.678. The molecule has 0 aliphatic carbocycles. The van der Waals surface area contributed by atoms with Gasteiger partial charge in [-0.2, -0.15) is 0 Å². The zero-order chi connectivity index (χ0) is 14.6. The van der Waals surface area contributed by atoms with Crippen LogP contribution in [-0.2, 0) is 27.3 Å². The van der Waals surface area contributed by atoms with Crippen LogP contribution in [0, 0.1) is 0 Å². The summed E-state index contributed by atoms with van der Waals surface area (Å²) in [7, 11) is 4.20. The van der Waals surface area contributed by atoms with Gasteiger partial charge in [-0.3, -0.25) is 9.97 Å². The Balaban J connectivity index is 0.000000956. The summed E-state index contributed by atoms with van der Waals surface area (Å²) in [5.41, 5.74) is 4.79. The second kappa shape index (κ2) is 11.1. The largest absolute Gasteiger partial charge is 0.515 e. The average molecular weight is 362 g/mol. The summed E-state index contributed by atoms with van der Waals surface area (Å²) in [5.74, 6) is 0. The van der Waals surface area contributed by atoms with E-state index in [2.05, 4.69) is 62.8 Å². The Morgan fingerprint density at radius 2 is 2.00 bits per heavy atom. The average Bonchev–Trinajstić information content (AvgIpc) is 2.79. The van der Waals surface area contributed by atoms with E-state index in [1.807, 2.05) is 0 Å². The molecule has 113 valence electrons. The van der Waals surface area contributed by atoms with E-state index < -0.39 is 0 Å². The number of likely N-dealkylation sites (tertiary alicyclic amines) is 1. The van der Waals surface area contributed by atoms with Crippen LogP contribution in [0.3, 0.4) is 0 Å². The molecule has 8 heteroatoms. The standard InChI is InChI=1S/C12H17N5S.ClH.Cu/c18-12(17-7-3-1-2-4-8-17)16-15-10-11-9-13-5-6-14-11;;/h5-6,9-10H,1-4,7-8H2,(H,14,16,18);1H;/q;;+2/p-1. The molecule has 0 N–H and O–H groups in total. The van der Waals surface area contributed by atoms with E-state index in [0.29, 0.717) is 10.8 Å². The predicted octanol–water partition coefficient (Wildman–Crippen LogP) is 2.11. The van der Waals surface area contributed by atoms with Crippen molar-refractivity contribution < 1.29 is 15.1 Å². The molecule has 1 aliphatic heterocycles. The van der Waals surface area contributed by atoms with Gasteiger partial charge < -0.3 is 10.5 Å². The molecule has 0 atom stereocenters. The summed E-state index contributed by atoms with van der Waals surface area (Å²) in [6.07, 6.45) is 11.5. The molecule has 0 amide bonds. The van der Waals surface area contributed by atoms with E-state index in [-0.39, 0.29) is 0 Å². The van der Waals surface area contributed by atoms with Gasteiger partial charge in [-0.05, 0) is 12.8 Å². The third kappa shape index (κ3) is 6.72. The van der Waals surface area contributed by atoms with Crippen LogP contribution in [0.25, 0.3) is 5.43 Å². The molecule has 1 aromatic heterocycles. The molecule has 5 nitrogen and oxygen atoms in total. The third-order valence-electron chi connectivity index (χ3n) is 2.81. The zero-order valence-electron chi connectivity index (χ0n) is 10.9. The van der Waals surface area contributed by atoms with Crippen molar-refractivity contribution in [3.63, 3.8) is 0 Å². The molecule has 0 radical (unpaired) electrons. The summed E-state index contributed by atoms with van der Waals surface area (Å²) in [5, 5.41) is 4.67. The molecule has 0 aromatic carbocycles. The van der Waals surface area contributed by atoms with E-state index in [0.717, 1.165) is 13.1 Å². The van der Waals surface area contributed by atoms with Crippen LogP contribution in [0.2, 0.25) is 0 Å². The van der Waals surface area contributed by atoms with E-state index in [9.17, 15) is 0 Å². The molecule has 1 aliphatic rings. The fourth-order valence-electron chi connectivity index (χ4n) is 1.85. The van der Waals surface area contributed by atoms with Gasteiger partial charge >= 0.3 is 25.2 Å². The monoisotopic (exact) mass is 361 g/mol. The Kier molecular flexibility index (Phi) is 9.70. The maximum absolute atomic E-state index is 4.39. The summed E-state index contributed by atoms with van der Waals surface area (Å²) in [6.45, 7) is 2.03. The third-order valence-corrected chi connectivity index (χ3v) is 3.18. The van der Waals surface area contributed by atoms with Crippen molar-refractivity contribution in [1.82, 2.24) is 14.9 Å². The van der Waals surface area contributed by atoms with Crippen molar-refractivity contribution in [2.75, 3.05) is 13.1 Å². The SMILES string of the molecule is [Cl][Cu+].[SH+]=C([N-]N=Cc1cnccn1)N1CCCCCC1. The van der Waals surface area contributed by atoms with Crippen LogP contribution in [0.15, 0.2) is 23.7 Å². The van der Waals surface area contributed by atoms with Crippen LogP contribution in [-0.4, -0.2) is 39.3 Å². The van der Waals surface area contributed by atoms with Gasteiger partial charge in [-0.15, -0.1) is 0 Å². The van der Waals surface area contributed by atoms with Crippen LogP contribution < -0.4 is 0 Å². The first kappa shape index (κ1) is 17.5. The molecule has 0 unspecified atom stereocenters. The van der Waals surface area contributed by atoms with Crippen molar-refractivity contribution in [2.24, 2.45) is 5.10 Å². The normalized spacial score (nSPS) is 16.1. The zero-order valence-corrected chi connectivity index (χ0v) is 13.5. The molecule has 1 saturated heterocycles. The number of rotatable bonds is 2. The van der Waals surface area contributed by atoms with Gasteiger partial charge in [0.15, 0.2) is 17.3 Å². The van der Waals surface area contributed by atoms with Gasteiger partial charge in [-0.1, -0.05) is 12.8 Å². The molecule has 0 bridgehead atoms. The molecule has 0 spiro atoms. The van der Waals surface area contributed by atoms with Gasteiger partial charge in [0.2, 0.25) is 0 Å². The van der Waals surface area contributed by atoms with Crippen LogP contribution in [0.5, 0.6) is 0 Å². The minimum Gasteiger partial charge on any atom is -0.515 e. The van der Waals surface area contributed by atoms with Crippen molar-refractivity contribution in [2.45, 2.75) is 25.7 Å². The first-order valence-electron chi connectivity index (χ1n) is 6.28. The predicted molar refractivity (Wildman–Crippen MR) is 82.6 cm³/mol.